The summed E-state index contributed by atoms with van der Waals surface area (Å²) in [6.45, 7) is 1.84. The Bertz CT molecular complexity index is 569. The van der Waals surface area contributed by atoms with E-state index in [9.17, 15) is 4.39 Å². The topological polar surface area (TPSA) is 55.0 Å². The van der Waals surface area contributed by atoms with Gasteiger partial charge in [-0.3, -0.25) is 0 Å². The van der Waals surface area contributed by atoms with Crippen molar-refractivity contribution in [2.75, 3.05) is 19.0 Å². The van der Waals surface area contributed by atoms with Crippen molar-refractivity contribution in [1.29, 1.82) is 0 Å². The average molecular weight is 298 g/mol. The summed E-state index contributed by atoms with van der Waals surface area (Å²) in [5.41, 5.74) is 6.65. The van der Waals surface area contributed by atoms with Crippen molar-refractivity contribution in [2.24, 2.45) is 5.73 Å². The largest absolute Gasteiger partial charge is 0.353 e. The van der Waals surface area contributed by atoms with Gasteiger partial charge in [-0.05, 0) is 30.7 Å². The van der Waals surface area contributed by atoms with Crippen LogP contribution in [0.15, 0.2) is 27.4 Å². The molecule has 0 aliphatic carbocycles. The van der Waals surface area contributed by atoms with Gasteiger partial charge in [-0.15, -0.1) is 10.2 Å². The molecule has 0 radical (unpaired) electrons. The molecule has 0 bridgehead atoms. The molecule has 0 amide bonds. The molecule has 2 N–H and O–H groups in total. The lowest BCUT2D eigenvalue weighted by Crippen LogP contribution is -2.07. The van der Waals surface area contributed by atoms with Gasteiger partial charge in [-0.2, -0.15) is 0 Å². The molecule has 0 aliphatic rings. The van der Waals surface area contributed by atoms with Crippen molar-refractivity contribution in [2.45, 2.75) is 22.2 Å². The van der Waals surface area contributed by atoms with Crippen LogP contribution in [0.1, 0.15) is 18.5 Å². The Kier molecular flexibility index (Phi) is 4.38. The van der Waals surface area contributed by atoms with E-state index in [0.717, 1.165) is 19.9 Å². The van der Waals surface area contributed by atoms with E-state index < -0.39 is 0 Å². The lowest BCUT2D eigenvalue weighted by atomic mass is 10.1. The molecule has 0 saturated carbocycles. The van der Waals surface area contributed by atoms with Gasteiger partial charge in [0.25, 0.3) is 0 Å². The summed E-state index contributed by atoms with van der Waals surface area (Å²) >= 11 is 2.95. The first kappa shape index (κ1) is 14.2. The highest BCUT2D eigenvalue weighted by Gasteiger charge is 2.13. The molecule has 2 rings (SSSR count). The van der Waals surface area contributed by atoms with Crippen molar-refractivity contribution in [3.63, 3.8) is 0 Å². The molecule has 19 heavy (non-hydrogen) atoms. The third kappa shape index (κ3) is 3.43. The number of benzene rings is 1. The monoisotopic (exact) mass is 298 g/mol. The normalized spacial score (nSPS) is 12.5. The van der Waals surface area contributed by atoms with Crippen LogP contribution in [0.3, 0.4) is 0 Å². The maximum atomic E-state index is 13.3. The third-order valence-electron chi connectivity index (χ3n) is 2.44. The van der Waals surface area contributed by atoms with Gasteiger partial charge in [0.05, 0.1) is 0 Å². The zero-order valence-electron chi connectivity index (χ0n) is 10.9. The molecule has 0 spiro atoms. The zero-order valence-corrected chi connectivity index (χ0v) is 12.6. The molecule has 1 heterocycles. The molecule has 4 nitrogen and oxygen atoms in total. The molecular formula is C12H15FN4S2. The van der Waals surface area contributed by atoms with E-state index >= 15 is 0 Å². The molecule has 1 aromatic carbocycles. The van der Waals surface area contributed by atoms with Gasteiger partial charge >= 0.3 is 0 Å². The van der Waals surface area contributed by atoms with Gasteiger partial charge in [0, 0.05) is 25.0 Å². The minimum atomic E-state index is -0.275. The van der Waals surface area contributed by atoms with Crippen molar-refractivity contribution in [3.05, 3.63) is 29.6 Å². The molecule has 7 heteroatoms. The second-order valence-corrected chi connectivity index (χ2v) is 6.56. The lowest BCUT2D eigenvalue weighted by molar-refractivity contribution is 0.619. The summed E-state index contributed by atoms with van der Waals surface area (Å²) in [5, 5.41) is 9.02. The fourth-order valence-electron chi connectivity index (χ4n) is 1.49. The number of hydrogen-bond donors (Lipinski definition) is 1. The van der Waals surface area contributed by atoms with E-state index in [4.69, 9.17) is 5.73 Å². The van der Waals surface area contributed by atoms with Crippen molar-refractivity contribution >= 4 is 28.2 Å². The number of hydrogen-bond acceptors (Lipinski definition) is 6. The first-order valence-corrected chi connectivity index (χ1v) is 7.34. The number of halogens is 1. The Morgan fingerprint density at radius 1 is 1.37 bits per heavy atom. The van der Waals surface area contributed by atoms with Crippen LogP contribution < -0.4 is 10.6 Å². The highest BCUT2D eigenvalue weighted by Crippen LogP contribution is 2.36. The molecule has 0 aliphatic heterocycles. The Morgan fingerprint density at radius 3 is 2.68 bits per heavy atom. The summed E-state index contributed by atoms with van der Waals surface area (Å²) in [6.07, 6.45) is 0. The van der Waals surface area contributed by atoms with Gasteiger partial charge in [-0.25, -0.2) is 4.39 Å². The van der Waals surface area contributed by atoms with Gasteiger partial charge in [0.15, 0.2) is 4.34 Å². The number of rotatable bonds is 4. The maximum Gasteiger partial charge on any atom is 0.208 e. The second kappa shape index (κ2) is 5.85. The first-order chi connectivity index (χ1) is 8.97. The van der Waals surface area contributed by atoms with Gasteiger partial charge < -0.3 is 10.6 Å². The highest BCUT2D eigenvalue weighted by atomic mass is 32.2. The van der Waals surface area contributed by atoms with Crippen LogP contribution in [0, 0.1) is 5.82 Å². The lowest BCUT2D eigenvalue weighted by Gasteiger charge is -2.11. The molecule has 102 valence electrons. The van der Waals surface area contributed by atoms with Crippen molar-refractivity contribution < 1.29 is 4.39 Å². The van der Waals surface area contributed by atoms with E-state index in [1.165, 1.54) is 35.2 Å². The minimum absolute atomic E-state index is 0.223. The Hall–Kier alpha value is -1.18. The minimum Gasteiger partial charge on any atom is -0.353 e. The number of nitrogens with zero attached hydrogens (tertiary/aromatic N) is 3. The molecule has 0 unspecified atom stereocenters. The maximum absolute atomic E-state index is 13.3. The van der Waals surface area contributed by atoms with Crippen LogP contribution in [0.2, 0.25) is 0 Å². The smallest absolute Gasteiger partial charge is 0.208 e. The van der Waals surface area contributed by atoms with Crippen LogP contribution in [0.25, 0.3) is 0 Å². The Labute approximate surface area is 119 Å². The van der Waals surface area contributed by atoms with E-state index in [2.05, 4.69) is 10.2 Å². The summed E-state index contributed by atoms with van der Waals surface area (Å²) < 4.78 is 14.1. The summed E-state index contributed by atoms with van der Waals surface area (Å²) in [4.78, 5) is 2.82. The second-order valence-electron chi connectivity index (χ2n) is 4.32. The zero-order chi connectivity index (χ0) is 14.0. The number of nitrogens with two attached hydrogens (primary N) is 1. The summed E-state index contributed by atoms with van der Waals surface area (Å²) in [7, 11) is 3.83. The first-order valence-electron chi connectivity index (χ1n) is 5.71. The van der Waals surface area contributed by atoms with E-state index in [1.54, 1.807) is 6.07 Å². The van der Waals surface area contributed by atoms with Crippen molar-refractivity contribution in [3.8, 4) is 0 Å². The molecule has 2 aromatic rings. The van der Waals surface area contributed by atoms with Crippen LogP contribution >= 0.6 is 23.1 Å². The Morgan fingerprint density at radius 2 is 2.11 bits per heavy atom. The van der Waals surface area contributed by atoms with E-state index in [-0.39, 0.29) is 11.9 Å². The number of anilines is 1. The molecule has 1 aromatic heterocycles. The summed E-state index contributed by atoms with van der Waals surface area (Å²) in [5.74, 6) is -0.275. The van der Waals surface area contributed by atoms with Gasteiger partial charge in [0.2, 0.25) is 5.13 Å². The fourth-order valence-corrected chi connectivity index (χ4v) is 3.42. The van der Waals surface area contributed by atoms with Crippen LogP contribution in [-0.4, -0.2) is 24.3 Å². The highest BCUT2D eigenvalue weighted by molar-refractivity contribution is 8.01. The standard InChI is InChI=1S/C12H15FN4S2/c1-7(14)9-6-8(13)4-5-10(9)18-12-16-15-11(19-12)17(2)3/h4-7H,14H2,1-3H3/t7-/m0/s1. The van der Waals surface area contributed by atoms with E-state index in [0.29, 0.717) is 0 Å². The average Bonchev–Trinajstić information content (AvgIpc) is 2.80. The molecule has 0 saturated heterocycles. The molecule has 1 atom stereocenters. The van der Waals surface area contributed by atoms with Crippen LogP contribution in [0.4, 0.5) is 9.52 Å². The van der Waals surface area contributed by atoms with Gasteiger partial charge in [-0.1, -0.05) is 23.1 Å². The Balaban J connectivity index is 2.27. The fraction of sp³-hybridized carbons (Fsp3) is 0.333. The predicted octanol–water partition coefficient (Wildman–Crippen LogP) is 2.91. The third-order valence-corrected chi connectivity index (χ3v) is 4.67. The molecule has 0 fully saturated rings. The van der Waals surface area contributed by atoms with Gasteiger partial charge in [0.1, 0.15) is 5.82 Å². The molecular weight excluding hydrogens is 283 g/mol. The van der Waals surface area contributed by atoms with Crippen LogP contribution in [0.5, 0.6) is 0 Å². The van der Waals surface area contributed by atoms with Crippen molar-refractivity contribution in [1.82, 2.24) is 10.2 Å². The number of aromatic nitrogens is 2. The quantitative estimate of drug-likeness (QED) is 0.940. The van der Waals surface area contributed by atoms with E-state index in [1.807, 2.05) is 25.9 Å². The predicted molar refractivity (Wildman–Crippen MR) is 77.4 cm³/mol. The van der Waals surface area contributed by atoms with Crippen LogP contribution in [-0.2, 0) is 0 Å². The summed E-state index contributed by atoms with van der Waals surface area (Å²) in [6, 6.07) is 4.41. The SMILES string of the molecule is C[C@H](N)c1cc(F)ccc1Sc1nnc(N(C)C)s1.